The Labute approximate surface area is 137 Å². The molecular formula is C16H35BO3S. The number of thiol groups is 1. The highest BCUT2D eigenvalue weighted by molar-refractivity contribution is 7.80. The van der Waals surface area contributed by atoms with Crippen molar-refractivity contribution in [3.8, 4) is 0 Å². The highest BCUT2D eigenvalue weighted by Gasteiger charge is 2.36. The van der Waals surface area contributed by atoms with Gasteiger partial charge < -0.3 is 14.6 Å². The number of ether oxygens (including phenoxy) is 2. The van der Waals surface area contributed by atoms with Crippen molar-refractivity contribution < 1.29 is 14.6 Å². The first-order valence-corrected chi connectivity index (χ1v) is 8.89. The number of hydrogen-bond donors (Lipinski definition) is 2. The van der Waals surface area contributed by atoms with Gasteiger partial charge in [-0.1, -0.05) is 20.7 Å². The lowest BCUT2D eigenvalue weighted by atomic mass is 9.65. The van der Waals surface area contributed by atoms with E-state index < -0.39 is 0 Å². The standard InChI is InChI=1S/C16H35BO3S/c1-8-13(16(18)17-7)15(20-11(4)5)14(12(6)21)9-19-10(2)3/h10-18,21H,8-9H2,1-7H3/t12?,13-,14?,15+,16?/m1/s1. The summed E-state index contributed by atoms with van der Waals surface area (Å²) in [6, 6.07) is -0.340. The van der Waals surface area contributed by atoms with Crippen molar-refractivity contribution in [1.29, 1.82) is 0 Å². The fourth-order valence-electron chi connectivity index (χ4n) is 2.67. The second-order valence-corrected chi connectivity index (χ2v) is 7.30. The van der Waals surface area contributed by atoms with Gasteiger partial charge in [-0.2, -0.15) is 12.6 Å². The lowest BCUT2D eigenvalue weighted by molar-refractivity contribution is -0.0993. The average molecular weight is 318 g/mol. The monoisotopic (exact) mass is 318 g/mol. The van der Waals surface area contributed by atoms with Crippen molar-refractivity contribution in [3.63, 3.8) is 0 Å². The van der Waals surface area contributed by atoms with E-state index in [2.05, 4.69) is 26.5 Å². The number of aliphatic hydroxyl groups is 1. The smallest absolute Gasteiger partial charge is 0.154 e. The zero-order chi connectivity index (χ0) is 16.6. The molecule has 0 rings (SSSR count). The molecule has 3 unspecified atom stereocenters. The summed E-state index contributed by atoms with van der Waals surface area (Å²) in [5.74, 6) is 0.289. The van der Waals surface area contributed by atoms with E-state index in [1.165, 1.54) is 0 Å². The van der Waals surface area contributed by atoms with Crippen LogP contribution in [0.4, 0.5) is 0 Å². The van der Waals surface area contributed by atoms with E-state index in [0.717, 1.165) is 13.7 Å². The van der Waals surface area contributed by atoms with Crippen LogP contribution >= 0.6 is 12.6 Å². The van der Waals surface area contributed by atoms with Gasteiger partial charge in [0.2, 0.25) is 0 Å². The Hall–Kier alpha value is 0.295. The van der Waals surface area contributed by atoms with E-state index in [1.54, 1.807) is 0 Å². The second kappa shape index (κ2) is 10.9. The number of aliphatic hydroxyl groups excluding tert-OH is 1. The Balaban J connectivity index is 5.19. The highest BCUT2D eigenvalue weighted by atomic mass is 32.1. The van der Waals surface area contributed by atoms with Crippen LogP contribution in [0.1, 0.15) is 48.0 Å². The first-order chi connectivity index (χ1) is 9.74. The molecule has 0 amide bonds. The summed E-state index contributed by atoms with van der Waals surface area (Å²) in [6.45, 7) is 15.0. The SMILES string of the molecule is CBC(O)[C@H](CC)[C@H](OC(C)C)C(COC(C)C)C(C)S. The van der Waals surface area contributed by atoms with Crippen LogP contribution in [0.5, 0.6) is 0 Å². The average Bonchev–Trinajstić information content (AvgIpc) is 2.37. The van der Waals surface area contributed by atoms with Gasteiger partial charge in [0.1, 0.15) is 0 Å². The predicted octanol–water partition coefficient (Wildman–Crippen LogP) is 2.97. The van der Waals surface area contributed by atoms with E-state index in [4.69, 9.17) is 9.47 Å². The van der Waals surface area contributed by atoms with Gasteiger partial charge in [0.25, 0.3) is 0 Å². The van der Waals surface area contributed by atoms with Crippen molar-refractivity contribution in [2.75, 3.05) is 6.61 Å². The molecule has 0 bridgehead atoms. The van der Waals surface area contributed by atoms with Crippen LogP contribution in [0.15, 0.2) is 0 Å². The molecule has 0 aromatic rings. The molecule has 3 nitrogen and oxygen atoms in total. The molecule has 0 aliphatic rings. The molecule has 0 heterocycles. The van der Waals surface area contributed by atoms with Crippen LogP contribution in [0.2, 0.25) is 6.82 Å². The van der Waals surface area contributed by atoms with Gasteiger partial charge in [0.05, 0.1) is 24.9 Å². The molecule has 0 aromatic carbocycles. The minimum atomic E-state index is -0.340. The Morgan fingerprint density at radius 3 is 1.95 bits per heavy atom. The van der Waals surface area contributed by atoms with Gasteiger partial charge in [-0.25, -0.2) is 0 Å². The molecule has 0 radical (unpaired) electrons. The summed E-state index contributed by atoms with van der Waals surface area (Å²) in [6.07, 6.45) is 1.18. The van der Waals surface area contributed by atoms with E-state index in [9.17, 15) is 5.11 Å². The van der Waals surface area contributed by atoms with E-state index >= 15 is 0 Å². The Bertz CT molecular complexity index is 262. The molecular weight excluding hydrogens is 283 g/mol. The molecule has 0 saturated carbocycles. The van der Waals surface area contributed by atoms with Crippen LogP contribution in [0.3, 0.4) is 0 Å². The van der Waals surface area contributed by atoms with Gasteiger partial charge in [-0.3, -0.25) is 0 Å². The van der Waals surface area contributed by atoms with Gasteiger partial charge in [0, 0.05) is 23.1 Å². The van der Waals surface area contributed by atoms with Gasteiger partial charge >= 0.3 is 0 Å². The summed E-state index contributed by atoms with van der Waals surface area (Å²) < 4.78 is 12.0. The summed E-state index contributed by atoms with van der Waals surface area (Å²) in [4.78, 5) is 0. The molecule has 0 aliphatic carbocycles. The Morgan fingerprint density at radius 2 is 1.62 bits per heavy atom. The summed E-state index contributed by atoms with van der Waals surface area (Å²) in [5.41, 5.74) is 0. The first kappa shape index (κ1) is 21.3. The van der Waals surface area contributed by atoms with Crippen LogP contribution < -0.4 is 0 Å². The Kier molecular flexibility index (Phi) is 11.1. The normalized spacial score (nSPS) is 19.4. The number of hydrogen-bond acceptors (Lipinski definition) is 4. The molecule has 0 fully saturated rings. The minimum absolute atomic E-state index is 0.0313. The quantitative estimate of drug-likeness (QED) is 0.454. The second-order valence-electron chi connectivity index (χ2n) is 6.48. The van der Waals surface area contributed by atoms with E-state index in [-0.39, 0.29) is 41.4 Å². The van der Waals surface area contributed by atoms with Crippen molar-refractivity contribution in [1.82, 2.24) is 0 Å². The van der Waals surface area contributed by atoms with E-state index in [1.807, 2.05) is 34.5 Å². The zero-order valence-corrected chi connectivity index (χ0v) is 15.8. The van der Waals surface area contributed by atoms with Crippen LogP contribution in [0.25, 0.3) is 0 Å². The van der Waals surface area contributed by atoms with Gasteiger partial charge in [0.15, 0.2) is 7.28 Å². The van der Waals surface area contributed by atoms with Crippen LogP contribution in [0, 0.1) is 11.8 Å². The largest absolute Gasteiger partial charge is 0.401 e. The molecule has 0 aliphatic heterocycles. The third kappa shape index (κ3) is 7.92. The Morgan fingerprint density at radius 1 is 1.05 bits per heavy atom. The molecule has 5 atom stereocenters. The minimum Gasteiger partial charge on any atom is -0.401 e. The third-order valence-electron chi connectivity index (χ3n) is 3.90. The summed E-state index contributed by atoms with van der Waals surface area (Å²) in [7, 11) is 0.745. The maximum Gasteiger partial charge on any atom is 0.154 e. The maximum atomic E-state index is 10.4. The molecule has 1 N–H and O–H groups in total. The third-order valence-corrected chi connectivity index (χ3v) is 4.28. The zero-order valence-electron chi connectivity index (χ0n) is 14.9. The molecule has 0 spiro atoms. The fourth-order valence-corrected chi connectivity index (χ4v) is 2.93. The van der Waals surface area contributed by atoms with Gasteiger partial charge in [-0.15, -0.1) is 0 Å². The van der Waals surface area contributed by atoms with E-state index in [0.29, 0.717) is 6.61 Å². The maximum absolute atomic E-state index is 10.4. The molecule has 0 aromatic heterocycles. The fraction of sp³-hybridized carbons (Fsp3) is 1.00. The molecule has 21 heavy (non-hydrogen) atoms. The molecule has 5 heteroatoms. The first-order valence-electron chi connectivity index (χ1n) is 8.37. The van der Waals surface area contributed by atoms with Crippen LogP contribution in [-0.2, 0) is 9.47 Å². The van der Waals surface area contributed by atoms with Crippen LogP contribution in [-0.4, -0.2) is 48.6 Å². The van der Waals surface area contributed by atoms with Crippen molar-refractivity contribution in [3.05, 3.63) is 0 Å². The van der Waals surface area contributed by atoms with Crippen molar-refractivity contribution in [2.24, 2.45) is 11.8 Å². The molecule has 0 saturated heterocycles. The summed E-state index contributed by atoms with van der Waals surface area (Å²) >= 11 is 4.65. The predicted molar refractivity (Wildman–Crippen MR) is 95.8 cm³/mol. The van der Waals surface area contributed by atoms with Gasteiger partial charge in [-0.05, 0) is 34.1 Å². The highest BCUT2D eigenvalue weighted by Crippen LogP contribution is 2.29. The topological polar surface area (TPSA) is 38.7 Å². The van der Waals surface area contributed by atoms with Crippen molar-refractivity contribution in [2.45, 2.75) is 84.4 Å². The summed E-state index contributed by atoms with van der Waals surface area (Å²) in [5, 5.41) is 10.5. The van der Waals surface area contributed by atoms with Crippen molar-refractivity contribution >= 4 is 19.9 Å². The number of rotatable bonds is 11. The molecule has 126 valence electrons. The lowest BCUT2D eigenvalue weighted by Crippen LogP contribution is -2.46. The lowest BCUT2D eigenvalue weighted by Gasteiger charge is -2.38.